The lowest BCUT2D eigenvalue weighted by molar-refractivity contribution is -0.137. The molecule has 3 rings (SSSR count). The summed E-state index contributed by atoms with van der Waals surface area (Å²) in [5, 5.41) is 0. The molecule has 0 heterocycles. The summed E-state index contributed by atoms with van der Waals surface area (Å²) < 4.78 is 38.4. The molecule has 1 aliphatic carbocycles. The zero-order chi connectivity index (χ0) is 14.5. The van der Waals surface area contributed by atoms with Crippen molar-refractivity contribution < 1.29 is 13.2 Å². The van der Waals surface area contributed by atoms with Crippen LogP contribution in [-0.4, -0.2) is 0 Å². The Morgan fingerprint density at radius 2 is 1.65 bits per heavy atom. The van der Waals surface area contributed by atoms with Crippen LogP contribution in [0.1, 0.15) is 42.0 Å². The van der Waals surface area contributed by atoms with Crippen LogP contribution in [0.25, 0.3) is 11.1 Å². The van der Waals surface area contributed by atoms with Crippen molar-refractivity contribution in [2.45, 2.75) is 32.4 Å². The number of hydrogen-bond acceptors (Lipinski definition) is 0. The predicted molar refractivity (Wildman–Crippen MR) is 73.8 cm³/mol. The first-order valence-corrected chi connectivity index (χ1v) is 6.69. The van der Waals surface area contributed by atoms with E-state index in [1.54, 1.807) is 6.07 Å². The standard InChI is InChI=1S/C17H15F3/c1-10(2)11-4-6-15-13(7-11)8-12-3-5-14(9-16(12)15)17(18,19)20/h3-7,9-10H,8H2,1-2H3. The Bertz CT molecular complexity index is 666. The molecule has 0 radical (unpaired) electrons. The number of halogens is 3. The van der Waals surface area contributed by atoms with Crippen LogP contribution in [0.5, 0.6) is 0 Å². The second-order valence-electron chi connectivity index (χ2n) is 5.62. The van der Waals surface area contributed by atoms with E-state index in [2.05, 4.69) is 19.9 Å². The minimum atomic E-state index is -4.28. The quantitative estimate of drug-likeness (QED) is 0.558. The largest absolute Gasteiger partial charge is 0.416 e. The average Bonchev–Trinajstić information content (AvgIpc) is 2.74. The molecule has 0 N–H and O–H groups in total. The molecule has 0 atom stereocenters. The van der Waals surface area contributed by atoms with Gasteiger partial charge in [0, 0.05) is 0 Å². The van der Waals surface area contributed by atoms with Gasteiger partial charge in [0.25, 0.3) is 0 Å². The molecule has 0 unspecified atom stereocenters. The molecule has 20 heavy (non-hydrogen) atoms. The van der Waals surface area contributed by atoms with Crippen molar-refractivity contribution >= 4 is 0 Å². The Labute approximate surface area is 116 Å². The molecule has 0 spiro atoms. The molecule has 0 aliphatic heterocycles. The van der Waals surface area contributed by atoms with E-state index in [-0.39, 0.29) is 0 Å². The van der Waals surface area contributed by atoms with E-state index < -0.39 is 11.7 Å². The second-order valence-corrected chi connectivity index (χ2v) is 5.62. The lowest BCUT2D eigenvalue weighted by atomic mass is 9.97. The van der Waals surface area contributed by atoms with Gasteiger partial charge < -0.3 is 0 Å². The van der Waals surface area contributed by atoms with Gasteiger partial charge in [-0.25, -0.2) is 0 Å². The van der Waals surface area contributed by atoms with E-state index in [0.717, 1.165) is 28.7 Å². The van der Waals surface area contributed by atoms with Crippen molar-refractivity contribution in [3.63, 3.8) is 0 Å². The number of fused-ring (bicyclic) bond motifs is 3. The van der Waals surface area contributed by atoms with Gasteiger partial charge in [0.2, 0.25) is 0 Å². The van der Waals surface area contributed by atoms with Gasteiger partial charge in [-0.3, -0.25) is 0 Å². The molecule has 0 saturated carbocycles. The predicted octanol–water partition coefficient (Wildman–Crippen LogP) is 5.40. The number of rotatable bonds is 1. The summed E-state index contributed by atoms with van der Waals surface area (Å²) in [7, 11) is 0. The molecule has 0 amide bonds. The van der Waals surface area contributed by atoms with Gasteiger partial charge in [-0.15, -0.1) is 0 Å². The summed E-state index contributed by atoms with van der Waals surface area (Å²) in [6.07, 6.45) is -3.56. The van der Waals surface area contributed by atoms with Crippen molar-refractivity contribution in [1.29, 1.82) is 0 Å². The van der Waals surface area contributed by atoms with Crippen molar-refractivity contribution in [1.82, 2.24) is 0 Å². The van der Waals surface area contributed by atoms with E-state index in [1.165, 1.54) is 17.7 Å². The van der Waals surface area contributed by atoms with Crippen molar-refractivity contribution in [3.8, 4) is 11.1 Å². The third-order valence-corrected chi connectivity index (χ3v) is 3.90. The molecule has 1 aliphatic rings. The van der Waals surface area contributed by atoms with Crippen LogP contribution < -0.4 is 0 Å². The number of hydrogen-bond donors (Lipinski definition) is 0. The Kier molecular flexibility index (Phi) is 2.89. The van der Waals surface area contributed by atoms with Crippen LogP contribution >= 0.6 is 0 Å². The fraction of sp³-hybridized carbons (Fsp3) is 0.294. The Hall–Kier alpha value is -1.77. The first kappa shape index (κ1) is 13.2. The van der Waals surface area contributed by atoms with E-state index >= 15 is 0 Å². The average molecular weight is 276 g/mol. The number of benzene rings is 2. The van der Waals surface area contributed by atoms with Crippen molar-refractivity contribution in [2.75, 3.05) is 0 Å². The maximum absolute atomic E-state index is 12.8. The van der Waals surface area contributed by atoms with Gasteiger partial charge >= 0.3 is 6.18 Å². The van der Waals surface area contributed by atoms with Gasteiger partial charge in [-0.05, 0) is 52.3 Å². The molecule has 0 saturated heterocycles. The summed E-state index contributed by atoms with van der Waals surface area (Å²) >= 11 is 0. The monoisotopic (exact) mass is 276 g/mol. The van der Waals surface area contributed by atoms with Crippen LogP contribution in [0, 0.1) is 0 Å². The lowest BCUT2D eigenvalue weighted by Crippen LogP contribution is -2.04. The highest BCUT2D eigenvalue weighted by molar-refractivity contribution is 5.77. The Morgan fingerprint density at radius 1 is 0.900 bits per heavy atom. The first-order chi connectivity index (χ1) is 9.36. The van der Waals surface area contributed by atoms with Crippen molar-refractivity contribution in [2.24, 2.45) is 0 Å². The van der Waals surface area contributed by atoms with Gasteiger partial charge in [-0.1, -0.05) is 38.1 Å². The maximum Gasteiger partial charge on any atom is 0.416 e. The molecule has 2 aromatic rings. The fourth-order valence-electron chi connectivity index (χ4n) is 2.74. The normalized spacial score (nSPS) is 13.5. The van der Waals surface area contributed by atoms with Gasteiger partial charge in [0.05, 0.1) is 5.56 Å². The molecule has 0 nitrogen and oxygen atoms in total. The highest BCUT2D eigenvalue weighted by Crippen LogP contribution is 2.41. The van der Waals surface area contributed by atoms with E-state index in [9.17, 15) is 13.2 Å². The van der Waals surface area contributed by atoms with Crippen molar-refractivity contribution in [3.05, 3.63) is 58.7 Å². The van der Waals surface area contributed by atoms with Crippen LogP contribution in [0.4, 0.5) is 13.2 Å². The third kappa shape index (κ3) is 2.11. The second kappa shape index (κ2) is 4.37. The maximum atomic E-state index is 12.8. The number of alkyl halides is 3. The van der Waals surface area contributed by atoms with Gasteiger partial charge in [0.1, 0.15) is 0 Å². The highest BCUT2D eigenvalue weighted by atomic mass is 19.4. The summed E-state index contributed by atoms with van der Waals surface area (Å²) in [5.41, 5.74) is 4.43. The molecule has 0 bridgehead atoms. The molecule has 104 valence electrons. The Morgan fingerprint density at radius 3 is 2.30 bits per heavy atom. The fourth-order valence-corrected chi connectivity index (χ4v) is 2.74. The van der Waals surface area contributed by atoms with Gasteiger partial charge in [-0.2, -0.15) is 13.2 Å². The van der Waals surface area contributed by atoms with E-state index in [1.807, 2.05) is 12.1 Å². The van der Waals surface area contributed by atoms with Gasteiger partial charge in [0.15, 0.2) is 0 Å². The Balaban J connectivity index is 2.10. The minimum absolute atomic E-state index is 0.426. The lowest BCUT2D eigenvalue weighted by Gasteiger charge is -2.10. The minimum Gasteiger partial charge on any atom is -0.166 e. The smallest absolute Gasteiger partial charge is 0.166 e. The molecular formula is C17H15F3. The summed E-state index contributed by atoms with van der Waals surface area (Å²) in [6, 6.07) is 10.1. The molecule has 2 aromatic carbocycles. The van der Waals surface area contributed by atoms with Crippen LogP contribution in [0.3, 0.4) is 0 Å². The molecule has 0 fully saturated rings. The zero-order valence-corrected chi connectivity index (χ0v) is 11.4. The van der Waals surface area contributed by atoms with E-state index in [4.69, 9.17) is 0 Å². The third-order valence-electron chi connectivity index (χ3n) is 3.90. The SMILES string of the molecule is CC(C)c1ccc2c(c1)Cc1ccc(C(F)(F)F)cc1-2. The van der Waals surface area contributed by atoms with Crippen LogP contribution in [-0.2, 0) is 12.6 Å². The topological polar surface area (TPSA) is 0 Å². The summed E-state index contributed by atoms with van der Waals surface area (Å²) in [6.45, 7) is 4.23. The van der Waals surface area contributed by atoms with E-state index in [0.29, 0.717) is 5.92 Å². The zero-order valence-electron chi connectivity index (χ0n) is 11.4. The summed E-state index contributed by atoms with van der Waals surface area (Å²) in [4.78, 5) is 0. The summed E-state index contributed by atoms with van der Waals surface area (Å²) in [5.74, 6) is 0.426. The molecule has 3 heteroatoms. The first-order valence-electron chi connectivity index (χ1n) is 6.69. The molecule has 0 aromatic heterocycles. The van der Waals surface area contributed by atoms with Crippen LogP contribution in [0.15, 0.2) is 36.4 Å². The highest BCUT2D eigenvalue weighted by Gasteiger charge is 2.32. The van der Waals surface area contributed by atoms with Crippen LogP contribution in [0.2, 0.25) is 0 Å². The molecular weight excluding hydrogens is 261 g/mol.